The molecule has 6 fully saturated rings. The SMILES string of the molecule is CC(C)Oc1ccccc1N1CCN(C2CCC(NS(=O)(=O)c3ccccc3)CC2)CC1.CC(C)Oc1ccccc1N1CCN(C2CCC(NS(=O)(=O)c3ccccc3[N+](=O)[O-])CC2)CC1.[C-]#[N+]c1ccccc1S(=O)(=O)NC1CCC(N2CCN(c3ccccc3OC(C)C)CC2)CC1. The summed E-state index contributed by atoms with van der Waals surface area (Å²) in [5, 5.41) is 11.3. The van der Waals surface area contributed by atoms with E-state index < -0.39 is 40.7 Å². The normalized spacial score (nSPS) is 22.1. The van der Waals surface area contributed by atoms with E-state index in [-0.39, 0.29) is 51.9 Å². The second kappa shape index (κ2) is 35.7. The summed E-state index contributed by atoms with van der Waals surface area (Å²) in [7, 11) is -11.1. The van der Waals surface area contributed by atoms with Crippen molar-refractivity contribution in [2.75, 3.05) is 93.2 Å². The first-order chi connectivity index (χ1) is 48.5. The number of nitro benzene ring substituents is 1. The molecule has 0 spiro atoms. The van der Waals surface area contributed by atoms with Crippen molar-refractivity contribution >= 4 is 58.5 Å². The zero-order valence-electron chi connectivity index (χ0n) is 59.4. The van der Waals surface area contributed by atoms with Crippen LogP contribution in [-0.4, -0.2) is 178 Å². The number of nitrogens with zero attached hydrogens (tertiary/aromatic N) is 8. The number of rotatable bonds is 22. The van der Waals surface area contributed by atoms with Crippen molar-refractivity contribution in [1.29, 1.82) is 0 Å². The van der Waals surface area contributed by atoms with Gasteiger partial charge in [-0.1, -0.05) is 91.0 Å². The van der Waals surface area contributed by atoms with Crippen LogP contribution in [0.5, 0.6) is 17.2 Å². The number of ether oxygens (including phenoxy) is 3. The second-order valence-electron chi connectivity index (χ2n) is 28.0. The van der Waals surface area contributed by atoms with Gasteiger partial charge in [-0.15, -0.1) is 0 Å². The fourth-order valence-electron chi connectivity index (χ4n) is 14.9. The third-order valence-corrected chi connectivity index (χ3v) is 24.6. The molecule has 3 aliphatic carbocycles. The second-order valence-corrected chi connectivity index (χ2v) is 33.0. The van der Waals surface area contributed by atoms with Crippen LogP contribution in [0.2, 0.25) is 0 Å². The zero-order valence-corrected chi connectivity index (χ0v) is 61.8. The largest absolute Gasteiger partial charge is 0.489 e. The minimum absolute atomic E-state index is 0.0257. The molecule has 101 heavy (non-hydrogen) atoms. The lowest BCUT2D eigenvalue weighted by atomic mass is 9.90. The summed E-state index contributed by atoms with van der Waals surface area (Å²) in [4.78, 5) is 29.0. The van der Waals surface area contributed by atoms with Crippen LogP contribution in [0.25, 0.3) is 4.85 Å². The van der Waals surface area contributed by atoms with Gasteiger partial charge in [0.05, 0.1) is 56.7 Å². The molecule has 22 nitrogen and oxygen atoms in total. The molecule has 6 aromatic rings. The van der Waals surface area contributed by atoms with Crippen molar-refractivity contribution in [3.8, 4) is 17.2 Å². The summed E-state index contributed by atoms with van der Waals surface area (Å²) in [5.41, 5.74) is 3.25. The Hall–Kier alpha value is -7.38. The minimum atomic E-state index is -3.95. The van der Waals surface area contributed by atoms with Gasteiger partial charge >= 0.3 is 0 Å². The van der Waals surface area contributed by atoms with E-state index in [1.165, 1.54) is 36.0 Å². The van der Waals surface area contributed by atoms with Crippen molar-refractivity contribution in [3.05, 3.63) is 173 Å². The van der Waals surface area contributed by atoms with E-state index in [1.54, 1.807) is 42.5 Å². The van der Waals surface area contributed by atoms with Crippen LogP contribution in [0.15, 0.2) is 166 Å². The fourth-order valence-corrected chi connectivity index (χ4v) is 19.2. The van der Waals surface area contributed by atoms with E-state index in [1.807, 2.05) is 56.3 Å². The molecular formula is C76H103N11O11S3. The van der Waals surface area contributed by atoms with Gasteiger partial charge < -0.3 is 28.9 Å². The van der Waals surface area contributed by atoms with Crippen molar-refractivity contribution in [1.82, 2.24) is 28.9 Å². The Balaban J connectivity index is 0.000000164. The lowest BCUT2D eigenvalue weighted by Crippen LogP contribution is -2.52. The highest BCUT2D eigenvalue weighted by Crippen LogP contribution is 2.37. The van der Waals surface area contributed by atoms with Crippen molar-refractivity contribution < 1.29 is 44.4 Å². The summed E-state index contributed by atoms with van der Waals surface area (Å²) in [6.45, 7) is 31.2. The van der Waals surface area contributed by atoms with Crippen LogP contribution in [-0.2, 0) is 30.1 Å². The molecule has 6 aromatic carbocycles. The maximum atomic E-state index is 12.8. The molecule has 546 valence electrons. The van der Waals surface area contributed by atoms with Crippen molar-refractivity contribution in [2.24, 2.45) is 0 Å². The molecule has 3 saturated carbocycles. The van der Waals surface area contributed by atoms with Gasteiger partial charge in [0, 0.05) is 121 Å². The number of benzene rings is 6. The Labute approximate surface area is 599 Å². The molecule has 6 aliphatic rings. The van der Waals surface area contributed by atoms with Gasteiger partial charge in [-0.25, -0.2) is 44.3 Å². The van der Waals surface area contributed by atoms with Crippen LogP contribution >= 0.6 is 0 Å². The monoisotopic (exact) mass is 1440 g/mol. The first-order valence-electron chi connectivity index (χ1n) is 36.1. The molecule has 3 aliphatic heterocycles. The van der Waals surface area contributed by atoms with Crippen LogP contribution in [0.4, 0.5) is 28.4 Å². The smallest absolute Gasteiger partial charge is 0.289 e. The maximum absolute atomic E-state index is 12.8. The van der Waals surface area contributed by atoms with Crippen LogP contribution in [0.1, 0.15) is 119 Å². The lowest BCUT2D eigenvalue weighted by molar-refractivity contribution is -0.387. The van der Waals surface area contributed by atoms with Crippen LogP contribution < -0.4 is 43.1 Å². The quantitative estimate of drug-likeness (QED) is 0.0326. The van der Waals surface area contributed by atoms with Crippen molar-refractivity contribution in [2.45, 2.75) is 188 Å². The summed E-state index contributed by atoms with van der Waals surface area (Å²) in [6, 6.07) is 46.5. The summed E-state index contributed by atoms with van der Waals surface area (Å²) < 4.78 is 103. The number of nitro groups is 1. The van der Waals surface area contributed by atoms with Gasteiger partial charge in [0.15, 0.2) is 4.90 Å². The highest BCUT2D eigenvalue weighted by atomic mass is 32.2. The Bertz CT molecular complexity index is 4020. The van der Waals surface area contributed by atoms with Gasteiger partial charge in [0.1, 0.15) is 17.2 Å². The van der Waals surface area contributed by atoms with E-state index in [9.17, 15) is 35.4 Å². The summed E-state index contributed by atoms with van der Waals surface area (Å²) in [6.07, 6.45) is 11.1. The lowest BCUT2D eigenvalue weighted by Gasteiger charge is -2.43. The van der Waals surface area contributed by atoms with Crippen molar-refractivity contribution in [3.63, 3.8) is 0 Å². The average molecular weight is 1440 g/mol. The molecule has 0 bridgehead atoms. The molecule has 0 aromatic heterocycles. The zero-order chi connectivity index (χ0) is 71.7. The molecule has 3 saturated heterocycles. The average Bonchev–Trinajstić information content (AvgIpc) is 0.822. The Morgan fingerprint density at radius 3 is 1.04 bits per heavy atom. The summed E-state index contributed by atoms with van der Waals surface area (Å²) in [5.74, 6) is 2.82. The first kappa shape index (κ1) is 76.3. The number of hydrogen-bond donors (Lipinski definition) is 3. The van der Waals surface area contributed by atoms with E-state index in [0.717, 1.165) is 184 Å². The predicted molar refractivity (Wildman–Crippen MR) is 399 cm³/mol. The van der Waals surface area contributed by atoms with Gasteiger partial charge in [-0.2, -0.15) is 0 Å². The summed E-state index contributed by atoms with van der Waals surface area (Å²) >= 11 is 0. The number of sulfonamides is 3. The number of piperazine rings is 3. The van der Waals surface area contributed by atoms with Gasteiger partial charge in [0.25, 0.3) is 5.69 Å². The molecule has 0 unspecified atom stereocenters. The number of nitrogens with one attached hydrogen (secondary N) is 3. The highest BCUT2D eigenvalue weighted by Gasteiger charge is 2.36. The molecule has 0 atom stereocenters. The first-order valence-corrected chi connectivity index (χ1v) is 40.5. The number of anilines is 3. The number of hydrogen-bond acceptors (Lipinski definition) is 17. The fraction of sp³-hybridized carbons (Fsp3) is 0.513. The van der Waals surface area contributed by atoms with Gasteiger partial charge in [0.2, 0.25) is 35.8 Å². The highest BCUT2D eigenvalue weighted by molar-refractivity contribution is 7.90. The van der Waals surface area contributed by atoms with E-state index >= 15 is 0 Å². The molecule has 25 heteroatoms. The van der Waals surface area contributed by atoms with E-state index in [0.29, 0.717) is 23.0 Å². The maximum Gasteiger partial charge on any atom is 0.289 e. The molecule has 3 heterocycles. The Morgan fingerprint density at radius 2 is 0.693 bits per heavy atom. The molecule has 12 rings (SSSR count). The van der Waals surface area contributed by atoms with Crippen LogP contribution in [0, 0.1) is 16.7 Å². The molecular weight excluding hydrogens is 1340 g/mol. The Kier molecular flexibility index (Phi) is 26.9. The van der Waals surface area contributed by atoms with Crippen LogP contribution in [0.3, 0.4) is 0 Å². The molecule has 0 radical (unpaired) electrons. The molecule has 0 amide bonds. The minimum Gasteiger partial charge on any atom is -0.489 e. The van der Waals surface area contributed by atoms with E-state index in [4.69, 9.17) is 20.8 Å². The predicted octanol–water partition coefficient (Wildman–Crippen LogP) is 12.1. The van der Waals surface area contributed by atoms with Gasteiger partial charge in [-0.05, 0) is 173 Å². The standard InChI is InChI=1S/C26H34N4O3S.C25H34N4O5S.C25H35N3O3S/c1-20(2)33-25-10-6-5-9-24(25)30-18-16-29(17-19-30)22-14-12-21(13-15-22)28-34(31,32)26-11-7-4-8-23(26)27-3;1-19(2)34-24-9-5-3-7-22(24)28-17-15-27(16-18-28)21-13-11-20(12-14-21)26-35(32,33)25-10-6-4-8-23(25)29(30)31;1-20(2)31-25-11-7-6-10-24(25)28-18-16-27(17-19-28)22-14-12-21(13-15-22)26-32(29,30)23-8-4-3-5-9-23/h4-11,20-22,28H,12-19H2,1-2H3;3-10,19-21,26H,11-18H2,1-2H3;3-11,20-22,26H,12-19H2,1-2H3. The van der Waals surface area contributed by atoms with E-state index in [2.05, 4.69) is 113 Å². The van der Waals surface area contributed by atoms with Gasteiger partial charge in [-0.3, -0.25) is 24.8 Å². The third-order valence-electron chi connectivity index (χ3n) is 19.9. The number of para-hydroxylation sites is 8. The third kappa shape index (κ3) is 20.9. The Morgan fingerprint density at radius 1 is 0.396 bits per heavy atom. The molecule has 3 N–H and O–H groups in total. The topological polar surface area (TPSA) is 233 Å².